The molecule has 7 heteroatoms. The van der Waals surface area contributed by atoms with Crippen LogP contribution in [0.5, 0.6) is 5.75 Å². The Bertz CT molecular complexity index is 874. The van der Waals surface area contributed by atoms with Gasteiger partial charge in [0.25, 0.3) is 0 Å². The van der Waals surface area contributed by atoms with E-state index < -0.39 is 10.0 Å². The second-order valence-corrected chi connectivity index (χ2v) is 8.39. The van der Waals surface area contributed by atoms with Crippen molar-refractivity contribution in [2.75, 3.05) is 20.2 Å². The predicted molar refractivity (Wildman–Crippen MR) is 101 cm³/mol. The van der Waals surface area contributed by atoms with Crippen molar-refractivity contribution < 1.29 is 22.7 Å². The van der Waals surface area contributed by atoms with Gasteiger partial charge in [-0.15, -0.1) is 0 Å². The van der Waals surface area contributed by atoms with E-state index in [1.165, 1.54) is 4.31 Å². The third-order valence-electron chi connectivity index (χ3n) is 4.68. The lowest BCUT2D eigenvalue weighted by Gasteiger charge is -2.30. The summed E-state index contributed by atoms with van der Waals surface area (Å²) in [7, 11) is -1.92. The summed E-state index contributed by atoms with van der Waals surface area (Å²) in [5, 5.41) is 0. The number of carbonyl (C=O) groups excluding carboxylic acids is 1. The van der Waals surface area contributed by atoms with Gasteiger partial charge in [-0.05, 0) is 42.7 Å². The zero-order valence-corrected chi connectivity index (χ0v) is 16.0. The molecule has 2 aromatic rings. The molecule has 2 aromatic carbocycles. The molecule has 1 saturated heterocycles. The number of methoxy groups -OCH3 is 1. The van der Waals surface area contributed by atoms with E-state index >= 15 is 0 Å². The second-order valence-electron chi connectivity index (χ2n) is 6.45. The quantitative estimate of drug-likeness (QED) is 0.711. The molecule has 144 valence electrons. The Labute approximate surface area is 159 Å². The maximum absolute atomic E-state index is 12.6. The normalized spacial score (nSPS) is 16.0. The molecule has 0 spiro atoms. The largest absolute Gasteiger partial charge is 0.497 e. The molecular weight excluding hydrogens is 366 g/mol. The van der Waals surface area contributed by atoms with Crippen LogP contribution in [0.4, 0.5) is 0 Å². The fourth-order valence-corrected chi connectivity index (χ4v) is 4.60. The molecule has 1 aliphatic heterocycles. The van der Waals surface area contributed by atoms with Crippen molar-refractivity contribution in [3.05, 3.63) is 60.2 Å². The number of carbonyl (C=O) groups is 1. The van der Waals surface area contributed by atoms with Crippen LogP contribution in [0.1, 0.15) is 18.4 Å². The van der Waals surface area contributed by atoms with Crippen LogP contribution in [0, 0.1) is 5.92 Å². The number of esters is 1. The highest BCUT2D eigenvalue weighted by Gasteiger charge is 2.32. The topological polar surface area (TPSA) is 72.9 Å². The highest BCUT2D eigenvalue weighted by Crippen LogP contribution is 2.25. The summed E-state index contributed by atoms with van der Waals surface area (Å²) < 4.78 is 37.3. The Kier molecular flexibility index (Phi) is 6.13. The van der Waals surface area contributed by atoms with Gasteiger partial charge in [-0.3, -0.25) is 4.79 Å². The molecule has 0 aliphatic carbocycles. The van der Waals surface area contributed by atoms with Gasteiger partial charge < -0.3 is 9.47 Å². The standard InChI is InChI=1S/C20H23NO5S/c1-25-18-7-5-6-16(14-18)15-26-20(22)17-10-12-21(13-11-17)27(23,24)19-8-3-2-4-9-19/h2-9,14,17H,10-13,15H2,1H3. The first-order chi connectivity index (χ1) is 13.0. The third kappa shape index (κ3) is 4.67. The number of hydrogen-bond acceptors (Lipinski definition) is 5. The van der Waals surface area contributed by atoms with Gasteiger partial charge in [-0.1, -0.05) is 30.3 Å². The smallest absolute Gasteiger partial charge is 0.309 e. The van der Waals surface area contributed by atoms with Gasteiger partial charge in [0.05, 0.1) is 17.9 Å². The van der Waals surface area contributed by atoms with E-state index in [4.69, 9.17) is 9.47 Å². The zero-order chi connectivity index (χ0) is 19.3. The van der Waals surface area contributed by atoms with Crippen LogP contribution in [0.3, 0.4) is 0 Å². The molecule has 0 atom stereocenters. The van der Waals surface area contributed by atoms with Crippen molar-refractivity contribution in [2.45, 2.75) is 24.3 Å². The summed E-state index contributed by atoms with van der Waals surface area (Å²) in [6.07, 6.45) is 0.923. The second kappa shape index (κ2) is 8.54. The lowest BCUT2D eigenvalue weighted by molar-refractivity contribution is -0.151. The van der Waals surface area contributed by atoms with Crippen molar-refractivity contribution in [1.29, 1.82) is 0 Å². The number of sulfonamides is 1. The van der Waals surface area contributed by atoms with E-state index in [0.717, 1.165) is 5.56 Å². The fourth-order valence-electron chi connectivity index (χ4n) is 3.11. The minimum absolute atomic E-state index is 0.179. The summed E-state index contributed by atoms with van der Waals surface area (Å²) in [6.45, 7) is 0.810. The Balaban J connectivity index is 1.53. The van der Waals surface area contributed by atoms with Crippen molar-refractivity contribution >= 4 is 16.0 Å². The van der Waals surface area contributed by atoms with Crippen LogP contribution >= 0.6 is 0 Å². The van der Waals surface area contributed by atoms with Gasteiger partial charge >= 0.3 is 5.97 Å². The van der Waals surface area contributed by atoms with Gasteiger partial charge in [0, 0.05) is 13.1 Å². The van der Waals surface area contributed by atoms with Gasteiger partial charge in [0.1, 0.15) is 12.4 Å². The van der Waals surface area contributed by atoms with Crippen molar-refractivity contribution in [3.8, 4) is 5.75 Å². The van der Waals surface area contributed by atoms with E-state index in [0.29, 0.717) is 31.7 Å². The van der Waals surface area contributed by atoms with Crippen LogP contribution in [0.15, 0.2) is 59.5 Å². The number of rotatable bonds is 6. The monoisotopic (exact) mass is 389 g/mol. The first-order valence-electron chi connectivity index (χ1n) is 8.85. The molecule has 3 rings (SSSR count). The maximum Gasteiger partial charge on any atom is 0.309 e. The number of piperidine rings is 1. The summed E-state index contributed by atoms with van der Waals surface area (Å²) in [4.78, 5) is 12.6. The highest BCUT2D eigenvalue weighted by atomic mass is 32.2. The van der Waals surface area contributed by atoms with E-state index in [1.54, 1.807) is 37.4 Å². The lowest BCUT2D eigenvalue weighted by atomic mass is 9.98. The molecule has 0 unspecified atom stereocenters. The number of ether oxygens (including phenoxy) is 2. The molecule has 27 heavy (non-hydrogen) atoms. The van der Waals surface area contributed by atoms with Crippen LogP contribution < -0.4 is 4.74 Å². The lowest BCUT2D eigenvalue weighted by Crippen LogP contribution is -2.40. The van der Waals surface area contributed by atoms with E-state index in [9.17, 15) is 13.2 Å². The van der Waals surface area contributed by atoms with Gasteiger partial charge in [-0.2, -0.15) is 4.31 Å². The molecule has 6 nitrogen and oxygen atoms in total. The van der Waals surface area contributed by atoms with Crippen molar-refractivity contribution in [3.63, 3.8) is 0 Å². The van der Waals surface area contributed by atoms with Crippen LogP contribution in [0.25, 0.3) is 0 Å². The summed E-state index contributed by atoms with van der Waals surface area (Å²) in [5.41, 5.74) is 0.854. The summed E-state index contributed by atoms with van der Waals surface area (Å²) in [6, 6.07) is 15.7. The fraction of sp³-hybridized carbons (Fsp3) is 0.350. The van der Waals surface area contributed by atoms with Crippen LogP contribution in [0.2, 0.25) is 0 Å². The zero-order valence-electron chi connectivity index (χ0n) is 15.2. The van der Waals surface area contributed by atoms with Gasteiger partial charge in [-0.25, -0.2) is 8.42 Å². The summed E-state index contributed by atoms with van der Waals surface area (Å²) in [5.74, 6) is 0.149. The molecule has 0 N–H and O–H groups in total. The minimum Gasteiger partial charge on any atom is -0.497 e. The van der Waals surface area contributed by atoms with Crippen LogP contribution in [-0.4, -0.2) is 38.9 Å². The van der Waals surface area contributed by atoms with E-state index in [2.05, 4.69) is 0 Å². The van der Waals surface area contributed by atoms with Crippen molar-refractivity contribution in [1.82, 2.24) is 4.31 Å². The Morgan fingerprint density at radius 3 is 2.44 bits per heavy atom. The Hall–Kier alpha value is -2.38. The number of benzene rings is 2. The van der Waals surface area contributed by atoms with Gasteiger partial charge in [0.2, 0.25) is 10.0 Å². The molecule has 0 saturated carbocycles. The van der Waals surface area contributed by atoms with Gasteiger partial charge in [0.15, 0.2) is 0 Å². The number of nitrogens with zero attached hydrogens (tertiary/aromatic N) is 1. The third-order valence-corrected chi connectivity index (χ3v) is 6.60. The van der Waals surface area contributed by atoms with Crippen LogP contribution in [-0.2, 0) is 26.2 Å². The van der Waals surface area contributed by atoms with E-state index in [-0.39, 0.29) is 23.4 Å². The highest BCUT2D eigenvalue weighted by molar-refractivity contribution is 7.89. The average molecular weight is 389 g/mol. The summed E-state index contributed by atoms with van der Waals surface area (Å²) >= 11 is 0. The van der Waals surface area contributed by atoms with E-state index in [1.807, 2.05) is 24.3 Å². The first-order valence-corrected chi connectivity index (χ1v) is 10.3. The minimum atomic E-state index is -3.51. The SMILES string of the molecule is COc1cccc(COC(=O)C2CCN(S(=O)(=O)c3ccccc3)CC2)c1. The predicted octanol–water partition coefficient (Wildman–Crippen LogP) is 2.84. The Morgan fingerprint density at radius 2 is 1.78 bits per heavy atom. The average Bonchev–Trinajstić information content (AvgIpc) is 2.73. The molecule has 0 aromatic heterocycles. The maximum atomic E-state index is 12.6. The first kappa shape index (κ1) is 19.4. The Morgan fingerprint density at radius 1 is 1.07 bits per heavy atom. The van der Waals surface area contributed by atoms with Crippen molar-refractivity contribution in [2.24, 2.45) is 5.92 Å². The molecule has 1 heterocycles. The molecule has 0 bridgehead atoms. The molecule has 0 amide bonds. The molecular formula is C20H23NO5S. The molecule has 1 aliphatic rings. The molecule has 1 fully saturated rings. The molecule has 0 radical (unpaired) electrons. The number of hydrogen-bond donors (Lipinski definition) is 0.